The molecule has 0 saturated carbocycles. The van der Waals surface area contributed by atoms with Crippen molar-refractivity contribution in [1.82, 2.24) is 0 Å². The van der Waals surface area contributed by atoms with Crippen LogP contribution in [0.1, 0.15) is 102 Å². The Morgan fingerprint density at radius 2 is 1.09 bits per heavy atom. The molecule has 1 aromatic carbocycles. The zero-order valence-electron chi connectivity index (χ0n) is 20.9. The second-order valence-corrected chi connectivity index (χ2v) is 10.4. The standard InChI is InChI=1S/C22H40N.C6H6O3S/c1-3-4-5-6-7-8-9-10-11-12-13-14-15-16-19-23-20-17-22(2)18-21-23;7-10(8,9)6-4-2-1-3-5-6/h17-18,20-21H,3-16,19H2,1-2H3;1-5H,(H,7,8,9)/q+1;/p-1. The summed E-state index contributed by atoms with van der Waals surface area (Å²) in [5, 5.41) is 0. The van der Waals surface area contributed by atoms with E-state index in [1.54, 1.807) is 6.07 Å². The van der Waals surface area contributed by atoms with Crippen LogP contribution in [-0.2, 0) is 16.7 Å². The maximum Gasteiger partial charge on any atom is 0.169 e. The largest absolute Gasteiger partial charge is 0.744 e. The number of benzene rings is 1. The monoisotopic (exact) mass is 475 g/mol. The van der Waals surface area contributed by atoms with Crippen molar-refractivity contribution in [3.63, 3.8) is 0 Å². The summed E-state index contributed by atoms with van der Waals surface area (Å²) in [6.07, 6.45) is 24.5. The minimum absolute atomic E-state index is 0.185. The van der Waals surface area contributed by atoms with Gasteiger partial charge in [-0.3, -0.25) is 0 Å². The van der Waals surface area contributed by atoms with E-state index in [1.165, 1.54) is 126 Å². The second-order valence-electron chi connectivity index (χ2n) is 8.98. The van der Waals surface area contributed by atoms with E-state index < -0.39 is 10.1 Å². The molecule has 0 spiro atoms. The van der Waals surface area contributed by atoms with Gasteiger partial charge in [0.05, 0.1) is 4.90 Å². The number of unbranched alkanes of at least 4 members (excludes halogenated alkanes) is 13. The van der Waals surface area contributed by atoms with Gasteiger partial charge in [0, 0.05) is 18.6 Å². The van der Waals surface area contributed by atoms with Gasteiger partial charge in [0.2, 0.25) is 0 Å². The van der Waals surface area contributed by atoms with Gasteiger partial charge in [-0.15, -0.1) is 0 Å². The molecule has 0 radical (unpaired) electrons. The molecule has 0 aliphatic rings. The molecule has 0 saturated heterocycles. The van der Waals surface area contributed by atoms with E-state index in [0.29, 0.717) is 0 Å². The van der Waals surface area contributed by atoms with E-state index in [4.69, 9.17) is 0 Å². The highest BCUT2D eigenvalue weighted by Crippen LogP contribution is 2.13. The fraction of sp³-hybridized carbons (Fsp3) is 0.607. The molecule has 0 aliphatic carbocycles. The lowest BCUT2D eigenvalue weighted by Gasteiger charge is -2.04. The molecule has 5 heteroatoms. The zero-order chi connectivity index (χ0) is 24.2. The van der Waals surface area contributed by atoms with E-state index in [2.05, 4.69) is 42.9 Å². The Kier molecular flexibility index (Phi) is 16.6. The third-order valence-electron chi connectivity index (χ3n) is 5.86. The summed E-state index contributed by atoms with van der Waals surface area (Å²) in [5.41, 5.74) is 1.35. The van der Waals surface area contributed by atoms with Crippen molar-refractivity contribution in [3.8, 4) is 0 Å². The quantitative estimate of drug-likeness (QED) is 0.145. The van der Waals surface area contributed by atoms with Crippen LogP contribution in [-0.4, -0.2) is 13.0 Å². The van der Waals surface area contributed by atoms with Crippen LogP contribution < -0.4 is 4.57 Å². The summed E-state index contributed by atoms with van der Waals surface area (Å²) in [5.74, 6) is 0. The van der Waals surface area contributed by atoms with Crippen LogP contribution >= 0.6 is 0 Å². The minimum atomic E-state index is -4.25. The van der Waals surface area contributed by atoms with Crippen LogP contribution in [0.4, 0.5) is 0 Å². The molecule has 2 aromatic rings. The molecule has 0 N–H and O–H groups in total. The summed E-state index contributed by atoms with van der Waals surface area (Å²) < 4.78 is 33.1. The van der Waals surface area contributed by atoms with Crippen molar-refractivity contribution in [1.29, 1.82) is 0 Å². The Hall–Kier alpha value is -1.72. The third kappa shape index (κ3) is 16.5. The van der Waals surface area contributed by atoms with E-state index in [9.17, 15) is 13.0 Å². The average Bonchev–Trinajstić information content (AvgIpc) is 2.81. The first kappa shape index (κ1) is 29.3. The summed E-state index contributed by atoms with van der Waals surface area (Å²) >= 11 is 0. The number of aryl methyl sites for hydroxylation is 2. The molecule has 0 atom stereocenters. The Morgan fingerprint density at radius 1 is 0.667 bits per heavy atom. The van der Waals surface area contributed by atoms with Crippen LogP contribution in [0, 0.1) is 6.92 Å². The fourth-order valence-electron chi connectivity index (χ4n) is 3.76. The number of rotatable bonds is 16. The summed E-state index contributed by atoms with van der Waals surface area (Å²) in [4.78, 5) is -0.185. The van der Waals surface area contributed by atoms with Crippen LogP contribution in [0.5, 0.6) is 0 Å². The maximum absolute atomic E-state index is 10.3. The lowest BCUT2D eigenvalue weighted by Crippen LogP contribution is -2.32. The molecule has 2 rings (SSSR count). The van der Waals surface area contributed by atoms with Gasteiger partial charge in [-0.1, -0.05) is 102 Å². The summed E-state index contributed by atoms with van der Waals surface area (Å²) in [7, 11) is -4.25. The SMILES string of the molecule is CCCCCCCCCCCCCCCC[n+]1ccc(C)cc1.O=S(=O)([O-])c1ccccc1. The van der Waals surface area contributed by atoms with Crippen molar-refractivity contribution >= 4 is 10.1 Å². The highest BCUT2D eigenvalue weighted by molar-refractivity contribution is 7.85. The van der Waals surface area contributed by atoms with Crippen molar-refractivity contribution in [3.05, 3.63) is 60.4 Å². The lowest BCUT2D eigenvalue weighted by molar-refractivity contribution is -0.697. The van der Waals surface area contributed by atoms with Crippen molar-refractivity contribution in [2.45, 2.75) is 115 Å². The number of pyridine rings is 1. The topological polar surface area (TPSA) is 61.1 Å². The van der Waals surface area contributed by atoms with E-state index in [1.807, 2.05) is 0 Å². The molecule has 33 heavy (non-hydrogen) atoms. The highest BCUT2D eigenvalue weighted by atomic mass is 32.2. The number of hydrogen-bond acceptors (Lipinski definition) is 3. The van der Waals surface area contributed by atoms with Gasteiger partial charge in [0.15, 0.2) is 12.4 Å². The van der Waals surface area contributed by atoms with Gasteiger partial charge >= 0.3 is 0 Å². The first-order valence-corrected chi connectivity index (χ1v) is 14.3. The van der Waals surface area contributed by atoms with Gasteiger partial charge in [-0.2, -0.15) is 0 Å². The van der Waals surface area contributed by atoms with E-state index in [-0.39, 0.29) is 4.90 Å². The maximum atomic E-state index is 10.3. The molecule has 1 aromatic heterocycles. The van der Waals surface area contributed by atoms with Gasteiger partial charge in [0.25, 0.3) is 0 Å². The average molecular weight is 476 g/mol. The first-order chi connectivity index (χ1) is 15.9. The van der Waals surface area contributed by atoms with E-state index >= 15 is 0 Å². The highest BCUT2D eigenvalue weighted by Gasteiger charge is 1.99. The Labute approximate surface area is 203 Å². The van der Waals surface area contributed by atoms with Crippen LogP contribution in [0.25, 0.3) is 0 Å². The lowest BCUT2D eigenvalue weighted by atomic mass is 10.0. The van der Waals surface area contributed by atoms with Crippen LogP contribution in [0.15, 0.2) is 59.8 Å². The predicted molar refractivity (Wildman–Crippen MR) is 136 cm³/mol. The Morgan fingerprint density at radius 3 is 1.48 bits per heavy atom. The molecule has 1 heterocycles. The van der Waals surface area contributed by atoms with Gasteiger partial charge in [0.1, 0.15) is 16.7 Å². The molecule has 4 nitrogen and oxygen atoms in total. The normalized spacial score (nSPS) is 11.1. The van der Waals surface area contributed by atoms with Crippen molar-refractivity contribution in [2.75, 3.05) is 0 Å². The number of nitrogens with zero attached hydrogens (tertiary/aromatic N) is 1. The molecule has 0 bridgehead atoms. The number of aromatic nitrogens is 1. The molecule has 186 valence electrons. The Balaban J connectivity index is 0.000000451. The molecular formula is C28H45NO3S. The number of hydrogen-bond donors (Lipinski definition) is 0. The Bertz CT molecular complexity index is 805. The smallest absolute Gasteiger partial charge is 0.169 e. The van der Waals surface area contributed by atoms with Crippen LogP contribution in [0.3, 0.4) is 0 Å². The molecule has 0 aliphatic heterocycles. The fourth-order valence-corrected chi connectivity index (χ4v) is 4.25. The van der Waals surface area contributed by atoms with Gasteiger partial charge in [-0.25, -0.2) is 13.0 Å². The van der Waals surface area contributed by atoms with E-state index in [0.717, 1.165) is 0 Å². The van der Waals surface area contributed by atoms with Gasteiger partial charge in [-0.05, 0) is 31.0 Å². The molecule has 0 unspecified atom stereocenters. The minimum Gasteiger partial charge on any atom is -0.744 e. The van der Waals surface area contributed by atoms with Crippen molar-refractivity contribution in [2.24, 2.45) is 0 Å². The molecular weight excluding hydrogens is 430 g/mol. The van der Waals surface area contributed by atoms with Crippen LogP contribution in [0.2, 0.25) is 0 Å². The first-order valence-electron chi connectivity index (χ1n) is 12.9. The summed E-state index contributed by atoms with van der Waals surface area (Å²) in [6, 6.07) is 11.6. The van der Waals surface area contributed by atoms with Gasteiger partial charge < -0.3 is 4.55 Å². The molecule has 0 fully saturated rings. The predicted octanol–water partition coefficient (Wildman–Crippen LogP) is 7.35. The second kappa shape index (κ2) is 18.7. The third-order valence-corrected chi connectivity index (χ3v) is 6.71. The van der Waals surface area contributed by atoms with Crippen molar-refractivity contribution < 1.29 is 17.5 Å². The molecule has 0 amide bonds. The summed E-state index contributed by atoms with van der Waals surface area (Å²) in [6.45, 7) is 5.62. The zero-order valence-corrected chi connectivity index (χ0v) is 21.7.